The highest BCUT2D eigenvalue weighted by atomic mass is 16.7. The minimum absolute atomic E-state index is 0.205. The molecule has 4 heteroatoms. The van der Waals surface area contributed by atoms with Gasteiger partial charge in [0.05, 0.1) is 6.10 Å². The number of hydrogen-bond acceptors (Lipinski definition) is 4. The van der Waals surface area contributed by atoms with E-state index in [-0.39, 0.29) is 5.92 Å². The molecule has 0 spiro atoms. The summed E-state index contributed by atoms with van der Waals surface area (Å²) in [5, 5.41) is 20.2. The molecule has 2 N–H and O–H groups in total. The minimum Gasteiger partial charge on any atom is -0.390 e. The maximum Gasteiger partial charge on any atom is 0.185 e. The van der Waals surface area contributed by atoms with Crippen LogP contribution in [-0.4, -0.2) is 42.9 Å². The Kier molecular flexibility index (Phi) is 10.8. The molecule has 136 valence electrons. The first-order chi connectivity index (χ1) is 11.2. The summed E-state index contributed by atoms with van der Waals surface area (Å²) in [6.45, 7) is 3.74. The summed E-state index contributed by atoms with van der Waals surface area (Å²) in [6.07, 6.45) is 12.0. The lowest BCUT2D eigenvalue weighted by Gasteiger charge is -2.24. The van der Waals surface area contributed by atoms with Crippen molar-refractivity contribution in [3.05, 3.63) is 12.7 Å². The zero-order chi connectivity index (χ0) is 17.1. The van der Waals surface area contributed by atoms with Crippen molar-refractivity contribution in [1.82, 2.24) is 0 Å². The van der Waals surface area contributed by atoms with Gasteiger partial charge in [-0.25, -0.2) is 0 Å². The number of unbranched alkanes of at least 4 members (excludes halogenated alkanes) is 7. The Morgan fingerprint density at radius 3 is 2.13 bits per heavy atom. The maximum atomic E-state index is 10.2. The average Bonchev–Trinajstić information content (AvgIpc) is 3.33. The van der Waals surface area contributed by atoms with E-state index in [4.69, 9.17) is 9.47 Å². The molecule has 4 unspecified atom stereocenters. The third-order valence-corrected chi connectivity index (χ3v) is 4.99. The fourth-order valence-electron chi connectivity index (χ4n) is 3.39. The van der Waals surface area contributed by atoms with E-state index in [1.807, 2.05) is 6.08 Å². The summed E-state index contributed by atoms with van der Waals surface area (Å²) in [6, 6.07) is 0. The molecule has 0 aromatic carbocycles. The highest BCUT2D eigenvalue weighted by Crippen LogP contribution is 2.46. The number of aliphatic hydroxyl groups excluding tert-OH is 2. The van der Waals surface area contributed by atoms with Crippen molar-refractivity contribution in [1.29, 1.82) is 0 Å². The molecule has 1 fully saturated rings. The van der Waals surface area contributed by atoms with Gasteiger partial charge in [0.2, 0.25) is 0 Å². The zero-order valence-electron chi connectivity index (χ0n) is 15.0. The van der Waals surface area contributed by atoms with Crippen LogP contribution in [0, 0.1) is 11.8 Å². The van der Waals surface area contributed by atoms with Crippen molar-refractivity contribution in [3.63, 3.8) is 0 Å². The largest absolute Gasteiger partial charge is 0.390 e. The predicted molar refractivity (Wildman–Crippen MR) is 93.2 cm³/mol. The van der Waals surface area contributed by atoms with Crippen LogP contribution in [0.5, 0.6) is 0 Å². The number of rotatable bonds is 15. The van der Waals surface area contributed by atoms with Gasteiger partial charge in [-0.1, -0.05) is 51.0 Å². The Morgan fingerprint density at radius 2 is 1.57 bits per heavy atom. The van der Waals surface area contributed by atoms with E-state index in [1.165, 1.54) is 59.2 Å². The number of methoxy groups -OCH3 is 2. The van der Waals surface area contributed by atoms with Gasteiger partial charge >= 0.3 is 0 Å². The standard InChI is InChI=1S/C19H36O4/c1-4-5-6-7-8-9-10-11-12-13-15-14-16(15)17(20)18(21)19(22-2)23-3/h4,15-21H,1,5-14H2,2-3H3. The molecule has 0 aliphatic heterocycles. The monoisotopic (exact) mass is 328 g/mol. The lowest BCUT2D eigenvalue weighted by molar-refractivity contribution is -0.193. The van der Waals surface area contributed by atoms with Crippen molar-refractivity contribution in [2.24, 2.45) is 11.8 Å². The quantitative estimate of drug-likeness (QED) is 0.274. The number of aliphatic hydroxyl groups is 2. The van der Waals surface area contributed by atoms with E-state index < -0.39 is 18.5 Å². The molecule has 4 atom stereocenters. The van der Waals surface area contributed by atoms with E-state index in [9.17, 15) is 10.2 Å². The molecule has 0 heterocycles. The number of ether oxygens (including phenoxy) is 2. The molecular weight excluding hydrogens is 292 g/mol. The second-order valence-electron chi connectivity index (χ2n) is 6.82. The Labute approximate surface area is 141 Å². The molecule has 0 saturated heterocycles. The van der Waals surface area contributed by atoms with E-state index in [0.717, 1.165) is 19.3 Å². The Morgan fingerprint density at radius 1 is 1.00 bits per heavy atom. The van der Waals surface area contributed by atoms with Crippen LogP contribution in [0.1, 0.15) is 64.2 Å². The first-order valence-corrected chi connectivity index (χ1v) is 9.18. The van der Waals surface area contributed by atoms with Gasteiger partial charge in [0.15, 0.2) is 6.29 Å². The highest BCUT2D eigenvalue weighted by molar-refractivity contribution is 4.94. The first-order valence-electron chi connectivity index (χ1n) is 9.18. The zero-order valence-corrected chi connectivity index (χ0v) is 15.0. The van der Waals surface area contributed by atoms with Crippen molar-refractivity contribution in [2.45, 2.75) is 82.7 Å². The van der Waals surface area contributed by atoms with Gasteiger partial charge in [0.25, 0.3) is 0 Å². The highest BCUT2D eigenvalue weighted by Gasteiger charge is 2.46. The Balaban J connectivity index is 2.01. The lowest BCUT2D eigenvalue weighted by Crippen LogP contribution is -2.41. The molecule has 1 aliphatic carbocycles. The second-order valence-corrected chi connectivity index (χ2v) is 6.82. The van der Waals surface area contributed by atoms with E-state index >= 15 is 0 Å². The summed E-state index contributed by atoms with van der Waals surface area (Å²) in [5.74, 6) is 0.762. The molecular formula is C19H36O4. The molecule has 1 saturated carbocycles. The van der Waals surface area contributed by atoms with Crippen LogP contribution in [0.15, 0.2) is 12.7 Å². The van der Waals surface area contributed by atoms with Crippen LogP contribution in [0.3, 0.4) is 0 Å². The van der Waals surface area contributed by atoms with Crippen molar-refractivity contribution >= 4 is 0 Å². The van der Waals surface area contributed by atoms with Crippen molar-refractivity contribution in [2.75, 3.05) is 14.2 Å². The SMILES string of the molecule is C=CCCCCCCCCCC1CC1C(O)C(O)C(OC)OC. The van der Waals surface area contributed by atoms with Gasteiger partial charge < -0.3 is 19.7 Å². The Hall–Kier alpha value is -0.420. The molecule has 0 bridgehead atoms. The summed E-state index contributed by atoms with van der Waals surface area (Å²) in [5.41, 5.74) is 0. The molecule has 0 radical (unpaired) electrons. The molecule has 0 aromatic heterocycles. The van der Waals surface area contributed by atoms with Crippen molar-refractivity contribution in [3.8, 4) is 0 Å². The summed E-state index contributed by atoms with van der Waals surface area (Å²) in [4.78, 5) is 0. The molecule has 1 rings (SSSR count). The smallest absolute Gasteiger partial charge is 0.185 e. The first kappa shape index (κ1) is 20.6. The van der Waals surface area contributed by atoms with Gasteiger partial charge in [-0.3, -0.25) is 0 Å². The van der Waals surface area contributed by atoms with Crippen LogP contribution >= 0.6 is 0 Å². The van der Waals surface area contributed by atoms with E-state index in [0.29, 0.717) is 5.92 Å². The predicted octanol–water partition coefficient (Wildman–Crippen LogP) is 3.66. The van der Waals surface area contributed by atoms with Gasteiger partial charge in [0.1, 0.15) is 6.10 Å². The second kappa shape index (κ2) is 12.0. The summed E-state index contributed by atoms with van der Waals surface area (Å²) < 4.78 is 10.0. The normalized spacial score (nSPS) is 23.0. The summed E-state index contributed by atoms with van der Waals surface area (Å²) in [7, 11) is 2.96. The lowest BCUT2D eigenvalue weighted by atomic mass is 10.0. The third-order valence-electron chi connectivity index (χ3n) is 4.99. The van der Waals surface area contributed by atoms with Crippen LogP contribution in [-0.2, 0) is 9.47 Å². The van der Waals surface area contributed by atoms with Crippen LogP contribution < -0.4 is 0 Å². The topological polar surface area (TPSA) is 58.9 Å². The Bertz CT molecular complexity index is 304. The molecule has 0 amide bonds. The van der Waals surface area contributed by atoms with Crippen LogP contribution in [0.2, 0.25) is 0 Å². The number of hydrogen-bond donors (Lipinski definition) is 2. The molecule has 23 heavy (non-hydrogen) atoms. The van der Waals surface area contributed by atoms with E-state index in [1.54, 1.807) is 0 Å². The van der Waals surface area contributed by atoms with Gasteiger partial charge in [0, 0.05) is 14.2 Å². The van der Waals surface area contributed by atoms with Gasteiger partial charge in [-0.05, 0) is 31.1 Å². The molecule has 0 aromatic rings. The third kappa shape index (κ3) is 7.79. The maximum absolute atomic E-state index is 10.2. The minimum atomic E-state index is -0.962. The van der Waals surface area contributed by atoms with E-state index in [2.05, 4.69) is 6.58 Å². The summed E-state index contributed by atoms with van der Waals surface area (Å²) >= 11 is 0. The fourth-order valence-corrected chi connectivity index (χ4v) is 3.39. The number of allylic oxidation sites excluding steroid dienone is 1. The van der Waals surface area contributed by atoms with Crippen LogP contribution in [0.4, 0.5) is 0 Å². The van der Waals surface area contributed by atoms with Crippen LogP contribution in [0.25, 0.3) is 0 Å². The average molecular weight is 328 g/mol. The molecule has 4 nitrogen and oxygen atoms in total. The van der Waals surface area contributed by atoms with Gasteiger partial charge in [-0.15, -0.1) is 6.58 Å². The fraction of sp³-hybridized carbons (Fsp3) is 0.895. The molecule has 1 aliphatic rings. The van der Waals surface area contributed by atoms with Crippen molar-refractivity contribution < 1.29 is 19.7 Å². The van der Waals surface area contributed by atoms with Gasteiger partial charge in [-0.2, -0.15) is 0 Å².